The van der Waals surface area contributed by atoms with Crippen molar-refractivity contribution in [1.29, 1.82) is 0 Å². The largest absolute Gasteiger partial charge is 0.237 e. The van der Waals surface area contributed by atoms with Gasteiger partial charge in [0.25, 0.3) is 0 Å². The van der Waals surface area contributed by atoms with Crippen molar-refractivity contribution in [2.24, 2.45) is 5.92 Å². The Balaban J connectivity index is 1.84. The van der Waals surface area contributed by atoms with Gasteiger partial charge in [-0.05, 0) is 32.1 Å². The lowest BCUT2D eigenvalue weighted by Gasteiger charge is -2.37. The maximum atomic E-state index is 5.12. The molecule has 3 atom stereocenters. The Kier molecular flexibility index (Phi) is 5.58. The van der Waals surface area contributed by atoms with Crippen molar-refractivity contribution in [2.45, 2.75) is 62.4 Å². The Morgan fingerprint density at radius 1 is 1.39 bits per heavy atom. The Bertz CT molecular complexity index is 274. The number of unbranched alkanes of at least 4 members (excludes halogenated alkanes) is 1. The number of thioether (sulfide) groups is 1. The fraction of sp³-hybridized carbons (Fsp3) is 0.867. The first-order chi connectivity index (χ1) is 8.72. The van der Waals surface area contributed by atoms with Crippen molar-refractivity contribution in [3.05, 3.63) is 12.2 Å². The van der Waals surface area contributed by atoms with Crippen molar-refractivity contribution in [3.63, 3.8) is 0 Å². The molecule has 0 spiro atoms. The van der Waals surface area contributed by atoms with Crippen molar-refractivity contribution in [2.75, 3.05) is 13.2 Å². The Labute approximate surface area is 115 Å². The van der Waals surface area contributed by atoms with E-state index in [1.165, 1.54) is 32.1 Å². The van der Waals surface area contributed by atoms with Crippen LogP contribution in [0.5, 0.6) is 0 Å². The first kappa shape index (κ1) is 14.4. The summed E-state index contributed by atoms with van der Waals surface area (Å²) in [4.78, 5) is 10.1. The Morgan fingerprint density at radius 2 is 2.28 bits per heavy atom. The normalized spacial score (nSPS) is 36.8. The monoisotopic (exact) mass is 270 g/mol. The van der Waals surface area contributed by atoms with Gasteiger partial charge in [0.05, 0.1) is 13.2 Å². The summed E-state index contributed by atoms with van der Waals surface area (Å²) in [5.41, 5.74) is 0. The topological polar surface area (TPSA) is 18.5 Å². The predicted molar refractivity (Wildman–Crippen MR) is 77.7 cm³/mol. The summed E-state index contributed by atoms with van der Waals surface area (Å²) in [7, 11) is 0. The van der Waals surface area contributed by atoms with E-state index < -0.39 is 0 Å². The molecule has 1 aliphatic heterocycles. The van der Waals surface area contributed by atoms with Gasteiger partial charge in [-0.2, -0.15) is 0 Å². The third kappa shape index (κ3) is 4.29. The first-order valence-electron chi connectivity index (χ1n) is 7.32. The summed E-state index contributed by atoms with van der Waals surface area (Å²) < 4.78 is 0.308. The zero-order valence-electron chi connectivity index (χ0n) is 11.7. The fourth-order valence-electron chi connectivity index (χ4n) is 2.95. The standard InChI is InChI=1S/C15H26O2S/c1-3-4-6-13-7-5-9-15(2,11-13)18-14-8-10-16-17-12-14/h5,9,13-14H,3-4,6-8,10-12H2,1-2H3. The van der Waals surface area contributed by atoms with E-state index in [4.69, 9.17) is 9.78 Å². The van der Waals surface area contributed by atoms with E-state index in [0.717, 1.165) is 25.6 Å². The molecule has 3 unspecified atom stereocenters. The van der Waals surface area contributed by atoms with E-state index in [0.29, 0.717) is 10.00 Å². The van der Waals surface area contributed by atoms with Crippen LogP contribution in [-0.2, 0) is 9.78 Å². The second-order valence-electron chi connectivity index (χ2n) is 5.80. The maximum Gasteiger partial charge on any atom is 0.0942 e. The third-order valence-electron chi connectivity index (χ3n) is 3.90. The minimum atomic E-state index is 0.308. The maximum absolute atomic E-state index is 5.12. The molecule has 0 bridgehead atoms. The summed E-state index contributed by atoms with van der Waals surface area (Å²) in [5.74, 6) is 0.883. The second kappa shape index (κ2) is 6.97. The molecular weight excluding hydrogens is 244 g/mol. The lowest BCUT2D eigenvalue weighted by Crippen LogP contribution is -2.31. The minimum Gasteiger partial charge on any atom is -0.237 e. The molecule has 0 aromatic rings. The van der Waals surface area contributed by atoms with Crippen LogP contribution in [0.4, 0.5) is 0 Å². The minimum absolute atomic E-state index is 0.308. The molecule has 104 valence electrons. The van der Waals surface area contributed by atoms with Crippen LogP contribution in [-0.4, -0.2) is 23.2 Å². The zero-order chi connectivity index (χ0) is 12.8. The first-order valence-corrected chi connectivity index (χ1v) is 8.20. The van der Waals surface area contributed by atoms with Gasteiger partial charge in [-0.25, -0.2) is 9.78 Å². The summed E-state index contributed by atoms with van der Waals surface area (Å²) in [6.07, 6.45) is 12.6. The molecule has 3 heteroatoms. The van der Waals surface area contributed by atoms with Crippen molar-refractivity contribution in [3.8, 4) is 0 Å². The van der Waals surface area contributed by atoms with Crippen LogP contribution >= 0.6 is 11.8 Å². The quantitative estimate of drug-likeness (QED) is 0.546. The van der Waals surface area contributed by atoms with E-state index in [1.807, 2.05) is 0 Å². The second-order valence-corrected chi connectivity index (χ2v) is 7.63. The van der Waals surface area contributed by atoms with Crippen LogP contribution in [0.25, 0.3) is 0 Å². The van der Waals surface area contributed by atoms with Crippen LogP contribution in [0.3, 0.4) is 0 Å². The highest BCUT2D eigenvalue weighted by Gasteiger charge is 2.32. The SMILES string of the molecule is CCCCC1CC=CC(C)(SC2CCOOC2)C1. The molecule has 0 saturated carbocycles. The van der Waals surface area contributed by atoms with E-state index >= 15 is 0 Å². The van der Waals surface area contributed by atoms with Crippen LogP contribution in [0.2, 0.25) is 0 Å². The average molecular weight is 270 g/mol. The van der Waals surface area contributed by atoms with Gasteiger partial charge in [-0.15, -0.1) is 11.8 Å². The fourth-order valence-corrected chi connectivity index (χ4v) is 4.56. The number of hydrogen-bond donors (Lipinski definition) is 0. The number of allylic oxidation sites excluding steroid dienone is 1. The molecular formula is C15H26O2S. The molecule has 0 amide bonds. The highest BCUT2D eigenvalue weighted by atomic mass is 32.2. The van der Waals surface area contributed by atoms with Gasteiger partial charge in [0.2, 0.25) is 0 Å². The van der Waals surface area contributed by atoms with Crippen LogP contribution in [0.15, 0.2) is 12.2 Å². The Morgan fingerprint density at radius 3 is 3.00 bits per heavy atom. The number of hydrogen-bond acceptors (Lipinski definition) is 3. The van der Waals surface area contributed by atoms with Crippen molar-refractivity contribution in [1.82, 2.24) is 0 Å². The summed E-state index contributed by atoms with van der Waals surface area (Å²) in [6, 6.07) is 0. The highest BCUT2D eigenvalue weighted by molar-refractivity contribution is 8.01. The number of rotatable bonds is 5. The molecule has 1 saturated heterocycles. The molecule has 2 nitrogen and oxygen atoms in total. The zero-order valence-corrected chi connectivity index (χ0v) is 12.5. The van der Waals surface area contributed by atoms with Crippen LogP contribution in [0, 0.1) is 5.92 Å². The van der Waals surface area contributed by atoms with E-state index in [2.05, 4.69) is 37.8 Å². The van der Waals surface area contributed by atoms with E-state index in [-0.39, 0.29) is 0 Å². The highest BCUT2D eigenvalue weighted by Crippen LogP contribution is 2.42. The molecule has 0 aromatic carbocycles. The van der Waals surface area contributed by atoms with E-state index in [9.17, 15) is 0 Å². The van der Waals surface area contributed by atoms with Gasteiger partial charge in [0, 0.05) is 10.00 Å². The molecule has 0 N–H and O–H groups in total. The molecule has 0 radical (unpaired) electrons. The van der Waals surface area contributed by atoms with Crippen LogP contribution in [0.1, 0.15) is 52.4 Å². The molecule has 18 heavy (non-hydrogen) atoms. The Hall–Kier alpha value is 0.01000. The van der Waals surface area contributed by atoms with Gasteiger partial charge in [0.1, 0.15) is 0 Å². The van der Waals surface area contributed by atoms with Crippen LogP contribution < -0.4 is 0 Å². The van der Waals surface area contributed by atoms with Crippen molar-refractivity contribution >= 4 is 11.8 Å². The van der Waals surface area contributed by atoms with Gasteiger partial charge in [-0.3, -0.25) is 0 Å². The van der Waals surface area contributed by atoms with Gasteiger partial charge in [0.15, 0.2) is 0 Å². The lowest BCUT2D eigenvalue weighted by molar-refractivity contribution is -0.310. The van der Waals surface area contributed by atoms with Gasteiger partial charge in [-0.1, -0.05) is 38.3 Å². The van der Waals surface area contributed by atoms with Gasteiger partial charge >= 0.3 is 0 Å². The smallest absolute Gasteiger partial charge is 0.0942 e. The summed E-state index contributed by atoms with van der Waals surface area (Å²) >= 11 is 2.09. The molecule has 0 aromatic heterocycles. The summed E-state index contributed by atoms with van der Waals surface area (Å²) in [6.45, 7) is 6.16. The lowest BCUT2D eigenvalue weighted by atomic mass is 9.84. The van der Waals surface area contributed by atoms with E-state index in [1.54, 1.807) is 0 Å². The molecule has 1 fully saturated rings. The molecule has 2 rings (SSSR count). The van der Waals surface area contributed by atoms with Crippen molar-refractivity contribution < 1.29 is 9.78 Å². The van der Waals surface area contributed by atoms with Gasteiger partial charge < -0.3 is 0 Å². The molecule has 1 aliphatic carbocycles. The average Bonchev–Trinajstić information content (AvgIpc) is 2.37. The molecule has 1 heterocycles. The molecule has 2 aliphatic rings. The summed E-state index contributed by atoms with van der Waals surface area (Å²) in [5, 5.41) is 0.596. The predicted octanol–water partition coefficient (Wildman–Crippen LogP) is 4.36. The third-order valence-corrected chi connectivity index (χ3v) is 5.44.